The van der Waals surface area contributed by atoms with E-state index in [-0.39, 0.29) is 36.3 Å². The number of carbonyl (C=O) groups is 2. The van der Waals surface area contributed by atoms with E-state index < -0.39 is 0 Å². The molecule has 2 amide bonds. The van der Waals surface area contributed by atoms with Gasteiger partial charge in [-0.1, -0.05) is 24.3 Å². The zero-order valence-electron chi connectivity index (χ0n) is 22.9. The molecule has 1 aliphatic carbocycles. The summed E-state index contributed by atoms with van der Waals surface area (Å²) in [7, 11) is 3.17. The number of amides is 2. The molecule has 0 unspecified atom stereocenters. The van der Waals surface area contributed by atoms with E-state index in [1.807, 2.05) is 24.3 Å². The molecule has 11 heteroatoms. The third kappa shape index (κ3) is 5.11. The topological polar surface area (TPSA) is 134 Å². The van der Waals surface area contributed by atoms with Crippen LogP contribution in [0.4, 0.5) is 17.2 Å². The summed E-state index contributed by atoms with van der Waals surface area (Å²) >= 11 is 0. The predicted octanol–water partition coefficient (Wildman–Crippen LogP) is 2.71. The molecule has 11 nitrogen and oxygen atoms in total. The Morgan fingerprint density at radius 3 is 2.71 bits per heavy atom. The zero-order chi connectivity index (χ0) is 28.7. The van der Waals surface area contributed by atoms with Crippen LogP contribution in [0.5, 0.6) is 0 Å². The molecular weight excluding hydrogens is 522 g/mol. The van der Waals surface area contributed by atoms with Gasteiger partial charge < -0.3 is 25.2 Å². The number of carbonyl (C=O) groups excluding carboxylic acids is 2. The van der Waals surface area contributed by atoms with Crippen LogP contribution in [0.15, 0.2) is 59.8 Å². The fraction of sp³-hybridized carbons (Fsp3) is 0.300. The summed E-state index contributed by atoms with van der Waals surface area (Å²) in [5.74, 6) is 0.391. The van der Waals surface area contributed by atoms with Gasteiger partial charge in [-0.15, -0.1) is 0 Å². The van der Waals surface area contributed by atoms with Gasteiger partial charge in [0.15, 0.2) is 5.82 Å². The predicted molar refractivity (Wildman–Crippen MR) is 154 cm³/mol. The molecule has 3 N–H and O–H groups in total. The van der Waals surface area contributed by atoms with E-state index in [1.54, 1.807) is 31.4 Å². The summed E-state index contributed by atoms with van der Waals surface area (Å²) in [6.45, 7) is 0.226. The number of aromatic nitrogens is 4. The molecule has 2 aromatic carbocycles. The van der Waals surface area contributed by atoms with Crippen molar-refractivity contribution in [3.8, 4) is 11.3 Å². The van der Waals surface area contributed by atoms with Gasteiger partial charge in [0.1, 0.15) is 6.54 Å². The first-order chi connectivity index (χ1) is 19.9. The van der Waals surface area contributed by atoms with Gasteiger partial charge >= 0.3 is 0 Å². The lowest BCUT2D eigenvalue weighted by atomic mass is 9.93. The molecule has 0 spiro atoms. The highest BCUT2D eigenvalue weighted by Gasteiger charge is 2.30. The quantitative estimate of drug-likeness (QED) is 0.305. The maximum atomic E-state index is 13.6. The zero-order valence-corrected chi connectivity index (χ0v) is 22.9. The number of fused-ring (bicyclic) bond motifs is 1. The molecule has 0 saturated heterocycles. The minimum atomic E-state index is -0.358. The van der Waals surface area contributed by atoms with Crippen molar-refractivity contribution < 1.29 is 14.7 Å². The first kappa shape index (κ1) is 26.5. The summed E-state index contributed by atoms with van der Waals surface area (Å²) in [5.41, 5.74) is 5.45. The Kier molecular flexibility index (Phi) is 6.88. The maximum Gasteiger partial charge on any atom is 0.293 e. The van der Waals surface area contributed by atoms with E-state index in [0.717, 1.165) is 12.0 Å². The molecule has 41 heavy (non-hydrogen) atoms. The standard InChI is InChI=1S/C30H31N7O4/c1-31-27(39)16-36-14-21(13-32-36)33-28-30(41)35(2)15-25(34-28)23-4-3-5-26(24(23)17-38)37-11-10-20-12-19(18-6-7-18)8-9-22(20)29(37)40/h3-5,8-9,12-15,18,38H,6-7,10-11,16-17H2,1-2H3,(H,31,39)(H,33,34). The Bertz CT molecular complexity index is 1720. The minimum absolute atomic E-state index is 0.0394. The summed E-state index contributed by atoms with van der Waals surface area (Å²) in [4.78, 5) is 44.5. The smallest absolute Gasteiger partial charge is 0.293 e. The highest BCUT2D eigenvalue weighted by Crippen LogP contribution is 2.41. The highest BCUT2D eigenvalue weighted by atomic mass is 16.3. The van der Waals surface area contributed by atoms with Crippen LogP contribution >= 0.6 is 0 Å². The number of likely N-dealkylation sites (N-methyl/N-ethyl adjacent to an activating group) is 1. The first-order valence-electron chi connectivity index (χ1n) is 13.6. The third-order valence-electron chi connectivity index (χ3n) is 7.69. The van der Waals surface area contributed by atoms with Crippen LogP contribution in [0.1, 0.15) is 45.8 Å². The van der Waals surface area contributed by atoms with Crippen LogP contribution in [0, 0.1) is 0 Å². The number of anilines is 3. The summed E-state index contributed by atoms with van der Waals surface area (Å²) in [6, 6.07) is 11.6. The summed E-state index contributed by atoms with van der Waals surface area (Å²) in [6.07, 6.45) is 7.87. The van der Waals surface area contributed by atoms with Crippen molar-refractivity contribution in [2.45, 2.75) is 38.3 Å². The summed E-state index contributed by atoms with van der Waals surface area (Å²) in [5, 5.41) is 20.2. The SMILES string of the molecule is CNC(=O)Cn1cc(Nc2nc(-c3cccc(N4CCc5cc(C6CC6)ccc5C4=O)c3CO)cn(C)c2=O)cn1. The number of aryl methyl sites for hydroxylation is 1. The molecule has 2 aromatic heterocycles. The van der Waals surface area contributed by atoms with Gasteiger partial charge in [-0.3, -0.25) is 19.1 Å². The second-order valence-corrected chi connectivity index (χ2v) is 10.5. The van der Waals surface area contributed by atoms with Gasteiger partial charge in [0.05, 0.1) is 29.9 Å². The van der Waals surface area contributed by atoms with Gasteiger partial charge in [-0.25, -0.2) is 4.98 Å². The van der Waals surface area contributed by atoms with E-state index in [2.05, 4.69) is 32.8 Å². The molecule has 6 rings (SSSR count). The molecule has 0 bridgehead atoms. The monoisotopic (exact) mass is 553 g/mol. The minimum Gasteiger partial charge on any atom is -0.392 e. The van der Waals surface area contributed by atoms with Crippen molar-refractivity contribution in [3.63, 3.8) is 0 Å². The number of hydrogen-bond donors (Lipinski definition) is 3. The van der Waals surface area contributed by atoms with Crippen molar-refractivity contribution in [2.75, 3.05) is 23.8 Å². The van der Waals surface area contributed by atoms with Crippen LogP contribution in [0.25, 0.3) is 11.3 Å². The molecule has 4 aromatic rings. The molecular formula is C30H31N7O4. The molecule has 210 valence electrons. The van der Waals surface area contributed by atoms with Crippen molar-refractivity contribution in [3.05, 3.63) is 87.6 Å². The van der Waals surface area contributed by atoms with Crippen LogP contribution in [-0.2, 0) is 31.4 Å². The Morgan fingerprint density at radius 2 is 1.95 bits per heavy atom. The maximum absolute atomic E-state index is 13.6. The number of aliphatic hydroxyl groups is 1. The number of nitrogens with zero attached hydrogens (tertiary/aromatic N) is 5. The Balaban J connectivity index is 1.32. The fourth-order valence-electron chi connectivity index (χ4n) is 5.34. The summed E-state index contributed by atoms with van der Waals surface area (Å²) < 4.78 is 2.86. The lowest BCUT2D eigenvalue weighted by molar-refractivity contribution is -0.121. The van der Waals surface area contributed by atoms with Crippen molar-refractivity contribution in [1.82, 2.24) is 24.6 Å². The van der Waals surface area contributed by atoms with E-state index >= 15 is 0 Å². The van der Waals surface area contributed by atoms with Crippen LogP contribution in [-0.4, -0.2) is 49.8 Å². The molecule has 3 heterocycles. The van der Waals surface area contributed by atoms with Gasteiger partial charge in [0.25, 0.3) is 11.5 Å². The van der Waals surface area contributed by atoms with Crippen LogP contribution < -0.4 is 21.1 Å². The van der Waals surface area contributed by atoms with Gasteiger partial charge in [-0.2, -0.15) is 5.10 Å². The van der Waals surface area contributed by atoms with E-state index in [4.69, 9.17) is 0 Å². The lowest BCUT2D eigenvalue weighted by Gasteiger charge is -2.31. The average Bonchev–Trinajstić information content (AvgIpc) is 3.75. The lowest BCUT2D eigenvalue weighted by Crippen LogP contribution is -2.38. The second-order valence-electron chi connectivity index (χ2n) is 10.5. The van der Waals surface area contributed by atoms with Crippen LogP contribution in [0.3, 0.4) is 0 Å². The van der Waals surface area contributed by atoms with E-state index in [0.29, 0.717) is 46.2 Å². The van der Waals surface area contributed by atoms with Gasteiger partial charge in [0.2, 0.25) is 5.91 Å². The van der Waals surface area contributed by atoms with Crippen molar-refractivity contribution in [2.24, 2.45) is 7.05 Å². The number of aliphatic hydroxyl groups excluding tert-OH is 1. The van der Waals surface area contributed by atoms with Crippen LogP contribution in [0.2, 0.25) is 0 Å². The Hall–Kier alpha value is -4.77. The number of rotatable bonds is 8. The largest absolute Gasteiger partial charge is 0.392 e. The Morgan fingerprint density at radius 1 is 1.12 bits per heavy atom. The van der Waals surface area contributed by atoms with Gasteiger partial charge in [0, 0.05) is 49.7 Å². The normalized spacial score (nSPS) is 14.6. The third-order valence-corrected chi connectivity index (χ3v) is 7.69. The van der Waals surface area contributed by atoms with Crippen molar-refractivity contribution in [1.29, 1.82) is 0 Å². The fourth-order valence-corrected chi connectivity index (χ4v) is 5.34. The number of benzene rings is 2. The van der Waals surface area contributed by atoms with E-state index in [9.17, 15) is 19.5 Å². The Labute approximate surface area is 236 Å². The molecule has 2 aliphatic rings. The molecule has 1 saturated carbocycles. The number of nitrogens with one attached hydrogen (secondary N) is 2. The number of hydrogen-bond acceptors (Lipinski definition) is 7. The van der Waals surface area contributed by atoms with Crippen molar-refractivity contribution >= 4 is 29.0 Å². The second kappa shape index (κ2) is 10.7. The highest BCUT2D eigenvalue weighted by molar-refractivity contribution is 6.09. The van der Waals surface area contributed by atoms with Gasteiger partial charge in [-0.05, 0) is 48.4 Å². The van der Waals surface area contributed by atoms with E-state index in [1.165, 1.54) is 33.9 Å². The molecule has 1 aliphatic heterocycles. The average molecular weight is 554 g/mol. The molecule has 1 fully saturated rings. The molecule has 0 radical (unpaired) electrons. The molecule has 0 atom stereocenters. The first-order valence-corrected chi connectivity index (χ1v) is 13.6.